The quantitative estimate of drug-likeness (QED) is 0.832. The molecule has 1 amide bonds. The van der Waals surface area contributed by atoms with Crippen molar-refractivity contribution in [3.63, 3.8) is 0 Å². The topological polar surface area (TPSA) is 74.0 Å². The molecule has 2 aromatic rings. The summed E-state index contributed by atoms with van der Waals surface area (Å²) < 4.78 is 8.79. The standard InChI is InChI=1S/C15H23N5O2/c1-11-9-12(2)20(18-11)8-6-15(21)17-13(10-22-4)14-5-7-16-19(14)3/h5,7,9,13H,6,8,10H2,1-4H3,(H,17,21). The van der Waals surface area contributed by atoms with Gasteiger partial charge in [0.25, 0.3) is 0 Å². The van der Waals surface area contributed by atoms with Crippen LogP contribution in [0.3, 0.4) is 0 Å². The van der Waals surface area contributed by atoms with Crippen LogP contribution in [0.2, 0.25) is 0 Å². The molecule has 2 rings (SSSR count). The van der Waals surface area contributed by atoms with Crippen molar-refractivity contribution < 1.29 is 9.53 Å². The summed E-state index contributed by atoms with van der Waals surface area (Å²) in [5, 5.41) is 11.5. The lowest BCUT2D eigenvalue weighted by Gasteiger charge is -2.18. The first kappa shape index (κ1) is 16.2. The molecular weight excluding hydrogens is 282 g/mol. The maximum Gasteiger partial charge on any atom is 0.222 e. The Morgan fingerprint density at radius 1 is 1.45 bits per heavy atom. The molecule has 22 heavy (non-hydrogen) atoms. The Hall–Kier alpha value is -2.15. The Balaban J connectivity index is 1.94. The molecule has 120 valence electrons. The number of methoxy groups -OCH3 is 1. The maximum absolute atomic E-state index is 12.2. The molecule has 1 unspecified atom stereocenters. The van der Waals surface area contributed by atoms with Crippen molar-refractivity contribution in [3.8, 4) is 0 Å². The molecule has 2 heterocycles. The summed E-state index contributed by atoms with van der Waals surface area (Å²) in [6.07, 6.45) is 2.08. The van der Waals surface area contributed by atoms with Crippen molar-refractivity contribution >= 4 is 5.91 Å². The van der Waals surface area contributed by atoms with Crippen LogP contribution in [0.1, 0.15) is 29.5 Å². The van der Waals surface area contributed by atoms with Crippen LogP contribution in [0.5, 0.6) is 0 Å². The molecule has 0 saturated heterocycles. The smallest absolute Gasteiger partial charge is 0.222 e. The van der Waals surface area contributed by atoms with Gasteiger partial charge in [-0.05, 0) is 26.0 Å². The minimum atomic E-state index is -0.203. The maximum atomic E-state index is 12.2. The summed E-state index contributed by atoms with van der Waals surface area (Å²) >= 11 is 0. The number of carbonyl (C=O) groups is 1. The van der Waals surface area contributed by atoms with E-state index in [0.29, 0.717) is 19.6 Å². The number of ether oxygens (including phenoxy) is 1. The zero-order valence-electron chi connectivity index (χ0n) is 13.5. The molecule has 0 aliphatic rings. The van der Waals surface area contributed by atoms with Gasteiger partial charge >= 0.3 is 0 Å². The fraction of sp³-hybridized carbons (Fsp3) is 0.533. The van der Waals surface area contributed by atoms with E-state index in [-0.39, 0.29) is 11.9 Å². The van der Waals surface area contributed by atoms with Crippen LogP contribution in [0.15, 0.2) is 18.3 Å². The molecule has 2 aromatic heterocycles. The number of aromatic nitrogens is 4. The Bertz CT molecular complexity index is 632. The zero-order chi connectivity index (χ0) is 16.1. The normalized spacial score (nSPS) is 12.4. The van der Waals surface area contributed by atoms with Crippen molar-refractivity contribution in [2.45, 2.75) is 32.9 Å². The molecule has 7 nitrogen and oxygen atoms in total. The average Bonchev–Trinajstić information content (AvgIpc) is 3.01. The first-order valence-electron chi connectivity index (χ1n) is 7.28. The van der Waals surface area contributed by atoms with Gasteiger partial charge in [-0.25, -0.2) is 0 Å². The lowest BCUT2D eigenvalue weighted by Crippen LogP contribution is -2.33. The minimum absolute atomic E-state index is 0.0317. The summed E-state index contributed by atoms with van der Waals surface area (Å²) in [6, 6.07) is 3.68. The highest BCUT2D eigenvalue weighted by Gasteiger charge is 2.17. The monoisotopic (exact) mass is 305 g/mol. The van der Waals surface area contributed by atoms with E-state index in [1.165, 1.54) is 0 Å². The van der Waals surface area contributed by atoms with Crippen LogP contribution in [-0.4, -0.2) is 39.2 Å². The Kier molecular flexibility index (Phi) is 5.32. The van der Waals surface area contributed by atoms with Crippen LogP contribution >= 0.6 is 0 Å². The Labute approximate surface area is 130 Å². The number of hydrogen-bond acceptors (Lipinski definition) is 4. The van der Waals surface area contributed by atoms with Gasteiger partial charge < -0.3 is 10.1 Å². The molecule has 0 bridgehead atoms. The molecule has 1 atom stereocenters. The second-order valence-electron chi connectivity index (χ2n) is 5.36. The number of hydrogen-bond donors (Lipinski definition) is 1. The third-order valence-corrected chi connectivity index (χ3v) is 3.54. The molecule has 0 aliphatic heterocycles. The fourth-order valence-electron chi connectivity index (χ4n) is 2.47. The Morgan fingerprint density at radius 2 is 2.23 bits per heavy atom. The largest absolute Gasteiger partial charge is 0.382 e. The summed E-state index contributed by atoms with van der Waals surface area (Å²) in [7, 11) is 3.46. The number of aryl methyl sites for hydroxylation is 4. The van der Waals surface area contributed by atoms with Crippen LogP contribution in [-0.2, 0) is 23.1 Å². The number of rotatable bonds is 7. The lowest BCUT2D eigenvalue weighted by atomic mass is 10.2. The van der Waals surface area contributed by atoms with Crippen LogP contribution in [0, 0.1) is 13.8 Å². The van der Waals surface area contributed by atoms with E-state index >= 15 is 0 Å². The molecule has 7 heteroatoms. The summed E-state index contributed by atoms with van der Waals surface area (Å²) in [5.41, 5.74) is 2.94. The minimum Gasteiger partial charge on any atom is -0.382 e. The molecular formula is C15H23N5O2. The predicted molar refractivity (Wildman–Crippen MR) is 82.3 cm³/mol. The van der Waals surface area contributed by atoms with Crippen molar-refractivity contribution in [1.82, 2.24) is 24.9 Å². The third-order valence-electron chi connectivity index (χ3n) is 3.54. The molecule has 0 fully saturated rings. The highest BCUT2D eigenvalue weighted by Crippen LogP contribution is 2.12. The summed E-state index contributed by atoms with van der Waals surface area (Å²) in [4.78, 5) is 12.2. The third kappa shape index (κ3) is 3.94. The fourth-order valence-corrected chi connectivity index (χ4v) is 2.47. The zero-order valence-corrected chi connectivity index (χ0v) is 13.5. The molecule has 0 aromatic carbocycles. The number of amides is 1. The van der Waals surface area contributed by atoms with Gasteiger partial charge in [-0.2, -0.15) is 10.2 Å². The van der Waals surface area contributed by atoms with Crippen LogP contribution < -0.4 is 5.32 Å². The van der Waals surface area contributed by atoms with Gasteiger partial charge in [0.2, 0.25) is 5.91 Å². The first-order chi connectivity index (χ1) is 10.5. The van der Waals surface area contributed by atoms with Gasteiger partial charge in [0.05, 0.1) is 24.0 Å². The van der Waals surface area contributed by atoms with Crippen molar-refractivity contribution in [2.75, 3.05) is 13.7 Å². The lowest BCUT2D eigenvalue weighted by molar-refractivity contribution is -0.122. The molecule has 0 saturated carbocycles. The summed E-state index contributed by atoms with van der Waals surface area (Å²) in [5.74, 6) is -0.0317. The number of nitrogens with one attached hydrogen (secondary N) is 1. The Morgan fingerprint density at radius 3 is 2.77 bits per heavy atom. The van der Waals surface area contributed by atoms with Gasteiger partial charge in [0.15, 0.2) is 0 Å². The highest BCUT2D eigenvalue weighted by molar-refractivity contribution is 5.76. The molecule has 1 N–H and O–H groups in total. The van der Waals surface area contributed by atoms with Crippen molar-refractivity contribution in [3.05, 3.63) is 35.4 Å². The first-order valence-corrected chi connectivity index (χ1v) is 7.28. The predicted octanol–water partition coefficient (Wildman–Crippen LogP) is 1.13. The van der Waals surface area contributed by atoms with E-state index in [4.69, 9.17) is 4.74 Å². The number of carbonyl (C=O) groups excluding carboxylic acids is 1. The van der Waals surface area contributed by atoms with Crippen molar-refractivity contribution in [2.24, 2.45) is 7.05 Å². The second-order valence-corrected chi connectivity index (χ2v) is 5.36. The van der Waals surface area contributed by atoms with Gasteiger partial charge in [0.1, 0.15) is 0 Å². The van der Waals surface area contributed by atoms with E-state index in [2.05, 4.69) is 15.5 Å². The van der Waals surface area contributed by atoms with Crippen LogP contribution in [0.4, 0.5) is 0 Å². The highest BCUT2D eigenvalue weighted by atomic mass is 16.5. The van der Waals surface area contributed by atoms with E-state index in [0.717, 1.165) is 17.1 Å². The summed E-state index contributed by atoms with van der Waals surface area (Å²) in [6.45, 7) is 4.91. The number of nitrogens with zero attached hydrogens (tertiary/aromatic N) is 4. The van der Waals surface area contributed by atoms with E-state index in [1.54, 1.807) is 18.0 Å². The van der Waals surface area contributed by atoms with Gasteiger partial charge in [-0.1, -0.05) is 0 Å². The van der Waals surface area contributed by atoms with E-state index in [1.807, 2.05) is 37.7 Å². The molecule has 0 spiro atoms. The molecule has 0 radical (unpaired) electrons. The van der Waals surface area contributed by atoms with Gasteiger partial charge in [0, 0.05) is 39.0 Å². The average molecular weight is 305 g/mol. The van der Waals surface area contributed by atoms with Gasteiger partial charge in [-0.15, -0.1) is 0 Å². The van der Waals surface area contributed by atoms with E-state index in [9.17, 15) is 4.79 Å². The second kappa shape index (κ2) is 7.22. The van der Waals surface area contributed by atoms with Crippen molar-refractivity contribution in [1.29, 1.82) is 0 Å². The van der Waals surface area contributed by atoms with E-state index < -0.39 is 0 Å². The van der Waals surface area contributed by atoms with Gasteiger partial charge in [-0.3, -0.25) is 14.2 Å². The SMILES string of the molecule is COCC(NC(=O)CCn1nc(C)cc1C)c1ccnn1C. The molecule has 0 aliphatic carbocycles. The van der Waals surface area contributed by atoms with Crippen LogP contribution in [0.25, 0.3) is 0 Å².